The molecule has 0 aliphatic heterocycles. The maximum Gasteiger partial charge on any atom is 0.244 e. The van der Waals surface area contributed by atoms with Gasteiger partial charge in [0.05, 0.1) is 12.6 Å². The van der Waals surface area contributed by atoms with E-state index in [4.69, 9.17) is 5.73 Å². The van der Waals surface area contributed by atoms with Crippen molar-refractivity contribution in [2.75, 3.05) is 18.4 Å². The lowest BCUT2D eigenvalue weighted by Gasteiger charge is -2.31. The summed E-state index contributed by atoms with van der Waals surface area (Å²) in [6, 6.07) is 2.50. The van der Waals surface area contributed by atoms with Crippen molar-refractivity contribution >= 4 is 17.5 Å². The minimum absolute atomic E-state index is 0.260. The van der Waals surface area contributed by atoms with Gasteiger partial charge in [-0.2, -0.15) is 0 Å². The summed E-state index contributed by atoms with van der Waals surface area (Å²) in [5.74, 6) is -2.83. The normalized spacial score (nSPS) is 12.7. The molecular weight excluding hydrogens is 304 g/mol. The monoisotopic (exact) mass is 327 g/mol. The van der Waals surface area contributed by atoms with Gasteiger partial charge >= 0.3 is 0 Å². The molecule has 1 aromatic rings. The number of nitrogens with two attached hydrogens (primary N) is 1. The van der Waals surface area contributed by atoms with Crippen LogP contribution in [-0.2, 0) is 9.59 Å². The van der Waals surface area contributed by atoms with E-state index in [1.165, 1.54) is 11.0 Å². The van der Waals surface area contributed by atoms with Gasteiger partial charge in [-0.3, -0.25) is 9.59 Å². The second kappa shape index (κ2) is 7.50. The highest BCUT2D eigenvalue weighted by atomic mass is 19.1. The van der Waals surface area contributed by atoms with Crippen LogP contribution < -0.4 is 11.1 Å². The fraction of sp³-hybridized carbons (Fsp3) is 0.500. The number of rotatable bonds is 5. The molecule has 0 radical (unpaired) electrons. The van der Waals surface area contributed by atoms with Gasteiger partial charge in [0, 0.05) is 6.54 Å². The molecule has 0 heterocycles. The Morgan fingerprint density at radius 2 is 1.78 bits per heavy atom. The van der Waals surface area contributed by atoms with Crippen molar-refractivity contribution < 1.29 is 18.4 Å². The first-order valence-electron chi connectivity index (χ1n) is 7.36. The van der Waals surface area contributed by atoms with Gasteiger partial charge in [0.15, 0.2) is 0 Å². The number of nitrogens with zero attached hydrogens (tertiary/aromatic N) is 1. The summed E-state index contributed by atoms with van der Waals surface area (Å²) in [5.41, 5.74) is 4.92. The highest BCUT2D eigenvalue weighted by Gasteiger charge is 2.31. The SMILES string of the molecule is CCN(CC(=O)Nc1c(F)cccc1F)C(=O)[C@@H](N)C(C)(C)C. The van der Waals surface area contributed by atoms with E-state index in [9.17, 15) is 18.4 Å². The van der Waals surface area contributed by atoms with E-state index in [0.717, 1.165) is 12.1 Å². The Balaban J connectivity index is 2.80. The molecule has 1 aromatic carbocycles. The predicted octanol–water partition coefficient (Wildman–Crippen LogP) is 2.13. The minimum Gasteiger partial charge on any atom is -0.332 e. The third kappa shape index (κ3) is 4.99. The van der Waals surface area contributed by atoms with Gasteiger partial charge < -0.3 is 16.0 Å². The Labute approximate surface area is 134 Å². The predicted molar refractivity (Wildman–Crippen MR) is 84.7 cm³/mol. The Morgan fingerprint density at radius 1 is 1.26 bits per heavy atom. The van der Waals surface area contributed by atoms with Crippen molar-refractivity contribution in [3.8, 4) is 0 Å². The number of hydrogen-bond acceptors (Lipinski definition) is 3. The molecule has 0 saturated carbocycles. The molecule has 23 heavy (non-hydrogen) atoms. The summed E-state index contributed by atoms with van der Waals surface area (Å²) in [7, 11) is 0. The zero-order valence-corrected chi connectivity index (χ0v) is 13.8. The van der Waals surface area contributed by atoms with Gasteiger partial charge in [-0.25, -0.2) is 8.78 Å². The van der Waals surface area contributed by atoms with Crippen molar-refractivity contribution in [2.24, 2.45) is 11.1 Å². The standard InChI is InChI=1S/C16H23F2N3O2/c1-5-21(15(23)14(19)16(2,3)4)9-12(22)20-13-10(17)7-6-8-11(13)18/h6-8,14H,5,9,19H2,1-4H3,(H,20,22)/t14-/m1/s1. The molecule has 5 nitrogen and oxygen atoms in total. The van der Waals surface area contributed by atoms with Crippen LogP contribution in [0.15, 0.2) is 18.2 Å². The lowest BCUT2D eigenvalue weighted by atomic mass is 9.86. The van der Waals surface area contributed by atoms with Gasteiger partial charge in [-0.15, -0.1) is 0 Å². The summed E-state index contributed by atoms with van der Waals surface area (Å²) < 4.78 is 27.0. The molecule has 0 bridgehead atoms. The van der Waals surface area contributed by atoms with E-state index >= 15 is 0 Å². The number of amides is 2. The van der Waals surface area contributed by atoms with E-state index in [1.807, 2.05) is 20.8 Å². The van der Waals surface area contributed by atoms with Gasteiger partial charge in [-0.05, 0) is 24.5 Å². The Morgan fingerprint density at radius 3 is 2.22 bits per heavy atom. The average Bonchev–Trinajstić information content (AvgIpc) is 2.46. The number of para-hydroxylation sites is 1. The van der Waals surface area contributed by atoms with E-state index in [1.54, 1.807) is 6.92 Å². The van der Waals surface area contributed by atoms with E-state index in [-0.39, 0.29) is 19.0 Å². The van der Waals surface area contributed by atoms with Crippen LogP contribution in [0.4, 0.5) is 14.5 Å². The molecule has 0 saturated heterocycles. The van der Waals surface area contributed by atoms with E-state index < -0.39 is 34.7 Å². The maximum absolute atomic E-state index is 13.5. The maximum atomic E-state index is 13.5. The number of hydrogen-bond donors (Lipinski definition) is 2. The molecule has 0 aromatic heterocycles. The van der Waals surface area contributed by atoms with Crippen molar-refractivity contribution in [3.05, 3.63) is 29.8 Å². The Kier molecular flexibility index (Phi) is 6.20. The molecular formula is C16H23F2N3O2. The lowest BCUT2D eigenvalue weighted by molar-refractivity contribution is -0.137. The molecule has 128 valence electrons. The second-order valence-corrected chi connectivity index (χ2v) is 6.34. The molecule has 0 aliphatic carbocycles. The zero-order valence-electron chi connectivity index (χ0n) is 13.8. The Hall–Kier alpha value is -2.02. The number of anilines is 1. The summed E-state index contributed by atoms with van der Waals surface area (Å²) in [4.78, 5) is 25.6. The van der Waals surface area contributed by atoms with Crippen molar-refractivity contribution in [1.82, 2.24) is 4.90 Å². The van der Waals surface area contributed by atoms with Gasteiger partial charge in [-0.1, -0.05) is 26.8 Å². The van der Waals surface area contributed by atoms with Crippen LogP contribution in [0.25, 0.3) is 0 Å². The highest BCUT2D eigenvalue weighted by Crippen LogP contribution is 2.20. The molecule has 7 heteroatoms. The van der Waals surface area contributed by atoms with Crippen LogP contribution in [0, 0.1) is 17.0 Å². The van der Waals surface area contributed by atoms with Crippen LogP contribution in [0.3, 0.4) is 0 Å². The number of halogens is 2. The molecule has 0 spiro atoms. The third-order valence-corrected chi connectivity index (χ3v) is 3.45. The fourth-order valence-corrected chi connectivity index (χ4v) is 1.88. The summed E-state index contributed by atoms with van der Waals surface area (Å²) in [6.45, 7) is 7.08. The van der Waals surface area contributed by atoms with Crippen molar-refractivity contribution in [2.45, 2.75) is 33.7 Å². The number of carbonyl (C=O) groups is 2. The van der Waals surface area contributed by atoms with Crippen molar-refractivity contribution in [3.63, 3.8) is 0 Å². The highest BCUT2D eigenvalue weighted by molar-refractivity contribution is 5.95. The molecule has 1 atom stereocenters. The first-order chi connectivity index (χ1) is 10.6. The van der Waals surface area contributed by atoms with Crippen LogP contribution in [0.5, 0.6) is 0 Å². The first kappa shape index (κ1) is 19.0. The third-order valence-electron chi connectivity index (χ3n) is 3.45. The molecule has 0 unspecified atom stereocenters. The van der Waals surface area contributed by atoms with Crippen LogP contribution in [0.2, 0.25) is 0 Å². The first-order valence-corrected chi connectivity index (χ1v) is 7.36. The Bertz CT molecular complexity index is 565. The molecule has 3 N–H and O–H groups in total. The molecule has 1 rings (SSSR count). The summed E-state index contributed by atoms with van der Waals surface area (Å²) in [6.07, 6.45) is 0. The van der Waals surface area contributed by atoms with Crippen molar-refractivity contribution in [1.29, 1.82) is 0 Å². The summed E-state index contributed by atoms with van der Waals surface area (Å²) in [5, 5.41) is 2.15. The smallest absolute Gasteiger partial charge is 0.244 e. The van der Waals surface area contributed by atoms with E-state index in [2.05, 4.69) is 5.32 Å². The van der Waals surface area contributed by atoms with Gasteiger partial charge in [0.1, 0.15) is 17.3 Å². The quantitative estimate of drug-likeness (QED) is 0.870. The lowest BCUT2D eigenvalue weighted by Crippen LogP contribution is -2.52. The largest absolute Gasteiger partial charge is 0.332 e. The van der Waals surface area contributed by atoms with Crippen LogP contribution in [-0.4, -0.2) is 35.8 Å². The van der Waals surface area contributed by atoms with Crippen LogP contribution in [0.1, 0.15) is 27.7 Å². The van der Waals surface area contributed by atoms with Crippen LogP contribution >= 0.6 is 0 Å². The number of nitrogens with one attached hydrogen (secondary N) is 1. The second-order valence-electron chi connectivity index (χ2n) is 6.34. The average molecular weight is 327 g/mol. The van der Waals surface area contributed by atoms with E-state index in [0.29, 0.717) is 0 Å². The number of benzene rings is 1. The van der Waals surface area contributed by atoms with Gasteiger partial charge in [0.25, 0.3) is 0 Å². The number of carbonyl (C=O) groups excluding carboxylic acids is 2. The topological polar surface area (TPSA) is 75.4 Å². The van der Waals surface area contributed by atoms with Gasteiger partial charge in [0.2, 0.25) is 11.8 Å². The molecule has 0 fully saturated rings. The minimum atomic E-state index is -0.876. The fourth-order valence-electron chi connectivity index (χ4n) is 1.88. The summed E-state index contributed by atoms with van der Waals surface area (Å²) >= 11 is 0. The molecule has 0 aliphatic rings. The molecule has 2 amide bonds. The zero-order chi connectivity index (χ0) is 17.8. The number of likely N-dealkylation sites (N-methyl/N-ethyl adjacent to an activating group) is 1.